The average Bonchev–Trinajstić information content (AvgIpc) is 2.72. The lowest BCUT2D eigenvalue weighted by molar-refractivity contribution is 0.212. The zero-order valence-electron chi connectivity index (χ0n) is 10.7. The molecule has 1 aliphatic carbocycles. The molecular weight excluding hydrogens is 222 g/mol. The van der Waals surface area contributed by atoms with Gasteiger partial charge in [0.1, 0.15) is 0 Å². The van der Waals surface area contributed by atoms with Gasteiger partial charge < -0.3 is 0 Å². The van der Waals surface area contributed by atoms with Crippen molar-refractivity contribution in [3.05, 3.63) is 30.0 Å². The van der Waals surface area contributed by atoms with Gasteiger partial charge in [0, 0.05) is 18.4 Å². The SMILES string of the molecule is CCn1nc(CC2(C#N)CCC2)c2ccccc21. The third-order valence-corrected chi connectivity index (χ3v) is 4.09. The molecule has 18 heavy (non-hydrogen) atoms. The topological polar surface area (TPSA) is 41.6 Å². The number of fused-ring (bicyclic) bond motifs is 1. The van der Waals surface area contributed by atoms with E-state index in [1.165, 1.54) is 17.3 Å². The van der Waals surface area contributed by atoms with Crippen molar-refractivity contribution < 1.29 is 0 Å². The number of hydrogen-bond acceptors (Lipinski definition) is 2. The molecule has 92 valence electrons. The lowest BCUT2D eigenvalue weighted by Crippen LogP contribution is -2.30. The summed E-state index contributed by atoms with van der Waals surface area (Å²) < 4.78 is 2.04. The van der Waals surface area contributed by atoms with Crippen LogP contribution in [0.4, 0.5) is 0 Å². The summed E-state index contributed by atoms with van der Waals surface area (Å²) >= 11 is 0. The van der Waals surface area contributed by atoms with Crippen molar-refractivity contribution in [1.82, 2.24) is 9.78 Å². The summed E-state index contributed by atoms with van der Waals surface area (Å²) in [4.78, 5) is 0. The minimum Gasteiger partial charge on any atom is -0.265 e. The Bertz CT molecular complexity index is 614. The predicted molar refractivity (Wildman–Crippen MR) is 71.0 cm³/mol. The molecule has 0 saturated heterocycles. The highest BCUT2D eigenvalue weighted by molar-refractivity contribution is 5.82. The second-order valence-electron chi connectivity index (χ2n) is 5.20. The maximum Gasteiger partial charge on any atom is 0.0719 e. The quantitative estimate of drug-likeness (QED) is 0.824. The van der Waals surface area contributed by atoms with Crippen LogP contribution in [-0.2, 0) is 13.0 Å². The van der Waals surface area contributed by atoms with E-state index in [2.05, 4.69) is 30.2 Å². The van der Waals surface area contributed by atoms with Crippen molar-refractivity contribution in [2.75, 3.05) is 0 Å². The zero-order valence-corrected chi connectivity index (χ0v) is 10.7. The van der Waals surface area contributed by atoms with E-state index >= 15 is 0 Å². The summed E-state index contributed by atoms with van der Waals surface area (Å²) in [5.74, 6) is 0. The number of nitrogens with zero attached hydrogens (tertiary/aromatic N) is 3. The van der Waals surface area contributed by atoms with Crippen molar-refractivity contribution in [2.45, 2.75) is 39.2 Å². The molecule has 0 bridgehead atoms. The molecule has 0 N–H and O–H groups in total. The largest absolute Gasteiger partial charge is 0.265 e. The van der Waals surface area contributed by atoms with E-state index in [0.29, 0.717) is 0 Å². The molecule has 0 atom stereocenters. The molecule has 1 saturated carbocycles. The number of aryl methyl sites for hydroxylation is 1. The van der Waals surface area contributed by atoms with Gasteiger partial charge in [0.25, 0.3) is 0 Å². The molecule has 2 aromatic rings. The van der Waals surface area contributed by atoms with E-state index in [0.717, 1.165) is 31.5 Å². The van der Waals surface area contributed by atoms with Gasteiger partial charge in [-0.15, -0.1) is 0 Å². The number of benzene rings is 1. The van der Waals surface area contributed by atoms with Crippen LogP contribution in [0.15, 0.2) is 24.3 Å². The smallest absolute Gasteiger partial charge is 0.0719 e. The van der Waals surface area contributed by atoms with Crippen LogP contribution in [-0.4, -0.2) is 9.78 Å². The fourth-order valence-electron chi connectivity index (χ4n) is 2.82. The molecule has 1 aromatic heterocycles. The van der Waals surface area contributed by atoms with Crippen LogP contribution in [0.2, 0.25) is 0 Å². The maximum atomic E-state index is 9.35. The van der Waals surface area contributed by atoms with Crippen LogP contribution in [0.5, 0.6) is 0 Å². The molecular formula is C15H17N3. The van der Waals surface area contributed by atoms with Gasteiger partial charge >= 0.3 is 0 Å². The van der Waals surface area contributed by atoms with Gasteiger partial charge in [-0.05, 0) is 25.8 Å². The zero-order chi connectivity index (χ0) is 12.6. The second-order valence-corrected chi connectivity index (χ2v) is 5.20. The molecule has 0 aliphatic heterocycles. The molecule has 0 radical (unpaired) electrons. The predicted octanol–water partition coefficient (Wildman–Crippen LogP) is 3.29. The van der Waals surface area contributed by atoms with Gasteiger partial charge in [-0.25, -0.2) is 0 Å². The van der Waals surface area contributed by atoms with E-state index in [1.807, 2.05) is 16.8 Å². The average molecular weight is 239 g/mol. The molecule has 3 heteroatoms. The van der Waals surface area contributed by atoms with Gasteiger partial charge in [0.15, 0.2) is 0 Å². The number of nitriles is 1. The van der Waals surface area contributed by atoms with Crippen LogP contribution in [0.3, 0.4) is 0 Å². The Morgan fingerprint density at radius 3 is 2.78 bits per heavy atom. The van der Waals surface area contributed by atoms with E-state index in [4.69, 9.17) is 0 Å². The van der Waals surface area contributed by atoms with Gasteiger partial charge in [0.05, 0.1) is 22.7 Å². The highest BCUT2D eigenvalue weighted by Gasteiger charge is 2.38. The van der Waals surface area contributed by atoms with Gasteiger partial charge in [0.2, 0.25) is 0 Å². The van der Waals surface area contributed by atoms with E-state index in [9.17, 15) is 5.26 Å². The molecule has 1 aromatic carbocycles. The Balaban J connectivity index is 2.04. The fraction of sp³-hybridized carbons (Fsp3) is 0.467. The first kappa shape index (κ1) is 11.3. The van der Waals surface area contributed by atoms with E-state index in [1.54, 1.807) is 0 Å². The lowest BCUT2D eigenvalue weighted by Gasteiger charge is -2.34. The number of para-hydroxylation sites is 1. The Hall–Kier alpha value is -1.82. The van der Waals surface area contributed by atoms with Crippen LogP contribution >= 0.6 is 0 Å². The first-order valence-electron chi connectivity index (χ1n) is 6.64. The van der Waals surface area contributed by atoms with Gasteiger partial charge in [-0.2, -0.15) is 10.4 Å². The third kappa shape index (κ3) is 1.60. The van der Waals surface area contributed by atoms with Crippen LogP contribution < -0.4 is 0 Å². The lowest BCUT2D eigenvalue weighted by atomic mass is 9.67. The monoisotopic (exact) mass is 239 g/mol. The summed E-state index contributed by atoms with van der Waals surface area (Å²) in [5, 5.41) is 15.2. The van der Waals surface area contributed by atoms with Crippen LogP contribution in [0.1, 0.15) is 31.9 Å². The second kappa shape index (κ2) is 4.13. The van der Waals surface area contributed by atoms with E-state index in [-0.39, 0.29) is 5.41 Å². The van der Waals surface area contributed by atoms with Crippen LogP contribution in [0, 0.1) is 16.7 Å². The Labute approximate surface area is 107 Å². The van der Waals surface area contributed by atoms with E-state index < -0.39 is 0 Å². The molecule has 0 unspecified atom stereocenters. The standard InChI is InChI=1S/C15H17N3/c1-2-18-14-7-4-3-6-12(14)13(17-18)10-15(11-16)8-5-9-15/h3-4,6-7H,2,5,8-10H2,1H3. The molecule has 3 nitrogen and oxygen atoms in total. The summed E-state index contributed by atoms with van der Waals surface area (Å²) in [5.41, 5.74) is 2.13. The van der Waals surface area contributed by atoms with Crippen molar-refractivity contribution in [3.8, 4) is 6.07 Å². The minimum atomic E-state index is -0.143. The third-order valence-electron chi connectivity index (χ3n) is 4.09. The first-order valence-corrected chi connectivity index (χ1v) is 6.64. The summed E-state index contributed by atoms with van der Waals surface area (Å²) in [7, 11) is 0. The minimum absolute atomic E-state index is 0.143. The summed E-state index contributed by atoms with van der Waals surface area (Å²) in [6.45, 7) is 2.98. The van der Waals surface area contributed by atoms with Crippen molar-refractivity contribution in [1.29, 1.82) is 5.26 Å². The van der Waals surface area contributed by atoms with Gasteiger partial charge in [-0.1, -0.05) is 24.6 Å². The highest BCUT2D eigenvalue weighted by Crippen LogP contribution is 2.43. The Kier molecular flexibility index (Phi) is 2.59. The Morgan fingerprint density at radius 2 is 2.17 bits per heavy atom. The highest BCUT2D eigenvalue weighted by atomic mass is 15.3. The Morgan fingerprint density at radius 1 is 1.39 bits per heavy atom. The molecule has 1 fully saturated rings. The first-order chi connectivity index (χ1) is 8.78. The molecule has 1 heterocycles. The number of aromatic nitrogens is 2. The normalized spacial score (nSPS) is 17.3. The fourth-order valence-corrected chi connectivity index (χ4v) is 2.82. The molecule has 1 aliphatic rings. The van der Waals surface area contributed by atoms with Crippen LogP contribution in [0.25, 0.3) is 10.9 Å². The number of hydrogen-bond donors (Lipinski definition) is 0. The summed E-state index contributed by atoms with van der Waals surface area (Å²) in [6, 6.07) is 10.8. The van der Waals surface area contributed by atoms with Crippen molar-refractivity contribution in [2.24, 2.45) is 5.41 Å². The molecule has 0 spiro atoms. The van der Waals surface area contributed by atoms with Gasteiger partial charge in [-0.3, -0.25) is 4.68 Å². The molecule has 3 rings (SSSR count). The summed E-state index contributed by atoms with van der Waals surface area (Å²) in [6.07, 6.45) is 4.03. The van der Waals surface area contributed by atoms with Crippen molar-refractivity contribution >= 4 is 10.9 Å². The maximum absolute atomic E-state index is 9.35. The number of rotatable bonds is 3. The molecule has 0 amide bonds. The van der Waals surface area contributed by atoms with Crippen molar-refractivity contribution in [3.63, 3.8) is 0 Å².